The second-order valence-corrected chi connectivity index (χ2v) is 8.94. The zero-order chi connectivity index (χ0) is 21.1. The first kappa shape index (κ1) is 20.9. The van der Waals surface area contributed by atoms with Gasteiger partial charge in [0.25, 0.3) is 0 Å². The number of amides is 1. The van der Waals surface area contributed by atoms with Crippen LogP contribution in [0.3, 0.4) is 0 Å². The smallest absolute Gasteiger partial charge is 0.353 e. The lowest BCUT2D eigenvalue weighted by Crippen LogP contribution is -2.49. The molecule has 0 aliphatic carbocycles. The fraction of sp³-hybridized carbons (Fsp3) is 0.350. The van der Waals surface area contributed by atoms with Crippen molar-refractivity contribution in [2.45, 2.75) is 11.9 Å². The molecular weight excluding hydrogens is 433 g/mol. The van der Waals surface area contributed by atoms with Crippen LogP contribution < -0.4 is 4.90 Å². The van der Waals surface area contributed by atoms with Gasteiger partial charge in [-0.05, 0) is 24.3 Å². The highest BCUT2D eigenvalue weighted by Crippen LogP contribution is 2.29. The largest absolute Gasteiger partial charge is 0.417 e. The summed E-state index contributed by atoms with van der Waals surface area (Å²) in [4.78, 5) is 24.7. The van der Waals surface area contributed by atoms with Crippen LogP contribution in [0.2, 0.25) is 0 Å². The molecule has 0 spiro atoms. The van der Waals surface area contributed by atoms with Crippen LogP contribution in [0, 0.1) is 0 Å². The topological polar surface area (TPSA) is 49.3 Å². The number of pyridine rings is 1. The van der Waals surface area contributed by atoms with Gasteiger partial charge in [-0.2, -0.15) is 13.2 Å². The number of thioether (sulfide) groups is 1. The molecule has 1 aliphatic rings. The van der Waals surface area contributed by atoms with E-state index in [4.69, 9.17) is 0 Å². The lowest BCUT2D eigenvalue weighted by molar-refractivity contribution is -0.137. The summed E-state index contributed by atoms with van der Waals surface area (Å²) in [5, 5.41) is 1.01. The molecule has 0 unspecified atom stereocenters. The minimum Gasteiger partial charge on any atom is -0.353 e. The van der Waals surface area contributed by atoms with E-state index in [2.05, 4.69) is 9.97 Å². The molecule has 2 aromatic heterocycles. The van der Waals surface area contributed by atoms with Crippen molar-refractivity contribution in [3.63, 3.8) is 0 Å². The fourth-order valence-electron chi connectivity index (χ4n) is 3.22. The molecule has 5 nitrogen and oxygen atoms in total. The Hall–Kier alpha value is -2.33. The van der Waals surface area contributed by atoms with Gasteiger partial charge in [0, 0.05) is 38.1 Å². The molecule has 158 valence electrons. The molecule has 0 N–H and O–H groups in total. The average molecular weight is 453 g/mol. The van der Waals surface area contributed by atoms with Crippen LogP contribution in [0.4, 0.5) is 19.0 Å². The zero-order valence-electron chi connectivity index (χ0n) is 15.9. The van der Waals surface area contributed by atoms with Crippen LogP contribution in [-0.4, -0.2) is 52.7 Å². The van der Waals surface area contributed by atoms with E-state index in [-0.39, 0.29) is 5.91 Å². The van der Waals surface area contributed by atoms with Crippen molar-refractivity contribution in [1.29, 1.82) is 0 Å². The number of benzene rings is 1. The molecule has 4 rings (SSSR count). The van der Waals surface area contributed by atoms with Gasteiger partial charge in [0.1, 0.15) is 10.8 Å². The van der Waals surface area contributed by atoms with Crippen LogP contribution in [0.5, 0.6) is 0 Å². The summed E-state index contributed by atoms with van der Waals surface area (Å²) in [6, 6.07) is 10.4. The SMILES string of the molecule is O=C(CSCc1nc2ccccc2s1)N1CCN(c2ccc(C(F)(F)F)cn2)CC1. The number of thiazole rings is 1. The fourth-order valence-corrected chi connectivity index (χ4v) is 5.17. The summed E-state index contributed by atoms with van der Waals surface area (Å²) in [5.74, 6) is 1.65. The van der Waals surface area contributed by atoms with Gasteiger partial charge >= 0.3 is 6.18 Å². The van der Waals surface area contributed by atoms with Gasteiger partial charge in [-0.15, -0.1) is 23.1 Å². The highest BCUT2D eigenvalue weighted by Gasteiger charge is 2.31. The third kappa shape index (κ3) is 4.86. The monoisotopic (exact) mass is 452 g/mol. The van der Waals surface area contributed by atoms with Crippen LogP contribution in [-0.2, 0) is 16.7 Å². The van der Waals surface area contributed by atoms with Crippen molar-refractivity contribution < 1.29 is 18.0 Å². The molecule has 3 heterocycles. The number of aromatic nitrogens is 2. The Morgan fingerprint density at radius 2 is 1.87 bits per heavy atom. The summed E-state index contributed by atoms with van der Waals surface area (Å²) in [7, 11) is 0. The maximum Gasteiger partial charge on any atom is 0.417 e. The van der Waals surface area contributed by atoms with Crippen molar-refractivity contribution in [2.75, 3.05) is 36.8 Å². The Balaban J connectivity index is 1.24. The summed E-state index contributed by atoms with van der Waals surface area (Å²) in [5.41, 5.74) is 0.225. The Kier molecular flexibility index (Phi) is 6.14. The predicted octanol–water partition coefficient (Wildman–Crippen LogP) is 4.29. The molecule has 3 aromatic rings. The molecule has 0 saturated carbocycles. The van der Waals surface area contributed by atoms with Crippen molar-refractivity contribution in [3.8, 4) is 0 Å². The van der Waals surface area contributed by atoms with Crippen molar-refractivity contribution >= 4 is 45.0 Å². The van der Waals surface area contributed by atoms with Crippen molar-refractivity contribution in [3.05, 3.63) is 53.2 Å². The highest BCUT2D eigenvalue weighted by atomic mass is 32.2. The van der Waals surface area contributed by atoms with Gasteiger partial charge in [-0.1, -0.05) is 12.1 Å². The number of hydrogen-bond acceptors (Lipinski definition) is 6. The second-order valence-electron chi connectivity index (χ2n) is 6.84. The van der Waals surface area contributed by atoms with Gasteiger partial charge in [-0.3, -0.25) is 4.79 Å². The van der Waals surface area contributed by atoms with Gasteiger partial charge in [-0.25, -0.2) is 9.97 Å². The molecule has 1 fully saturated rings. The summed E-state index contributed by atoms with van der Waals surface area (Å²) in [6.45, 7) is 2.16. The molecule has 1 amide bonds. The Labute approximate surface area is 179 Å². The zero-order valence-corrected chi connectivity index (χ0v) is 17.6. The third-order valence-electron chi connectivity index (χ3n) is 4.82. The van der Waals surface area contributed by atoms with Crippen molar-refractivity contribution in [1.82, 2.24) is 14.9 Å². The number of para-hydroxylation sites is 1. The lowest BCUT2D eigenvalue weighted by Gasteiger charge is -2.35. The quantitative estimate of drug-likeness (QED) is 0.578. The normalized spacial score (nSPS) is 15.0. The highest BCUT2D eigenvalue weighted by molar-refractivity contribution is 7.99. The molecule has 0 bridgehead atoms. The Morgan fingerprint density at radius 3 is 2.53 bits per heavy atom. The maximum atomic E-state index is 12.7. The minimum atomic E-state index is -4.39. The van der Waals surface area contributed by atoms with Crippen LogP contribution in [0.1, 0.15) is 10.6 Å². The minimum absolute atomic E-state index is 0.0705. The molecule has 1 aromatic carbocycles. The summed E-state index contributed by atoms with van der Waals surface area (Å²) in [6.07, 6.45) is -3.54. The van der Waals surface area contributed by atoms with E-state index in [0.717, 1.165) is 27.5 Å². The molecular formula is C20H19F3N4OS2. The van der Waals surface area contributed by atoms with E-state index in [1.807, 2.05) is 29.2 Å². The molecule has 30 heavy (non-hydrogen) atoms. The number of carbonyl (C=O) groups excluding carboxylic acids is 1. The number of fused-ring (bicyclic) bond motifs is 1. The molecule has 0 radical (unpaired) electrons. The summed E-state index contributed by atoms with van der Waals surface area (Å²) >= 11 is 3.19. The van der Waals surface area contributed by atoms with Crippen LogP contribution in [0.15, 0.2) is 42.6 Å². The lowest BCUT2D eigenvalue weighted by atomic mass is 10.2. The summed E-state index contributed by atoms with van der Waals surface area (Å²) < 4.78 is 39.1. The first-order valence-electron chi connectivity index (χ1n) is 9.38. The van der Waals surface area contributed by atoms with E-state index in [0.29, 0.717) is 43.5 Å². The van der Waals surface area contributed by atoms with E-state index in [1.54, 1.807) is 28.0 Å². The first-order valence-corrected chi connectivity index (χ1v) is 11.4. The molecule has 1 aliphatic heterocycles. The number of piperazine rings is 1. The average Bonchev–Trinajstić information content (AvgIpc) is 3.16. The van der Waals surface area contributed by atoms with Gasteiger partial charge < -0.3 is 9.80 Å². The third-order valence-corrected chi connectivity index (χ3v) is 6.97. The van der Waals surface area contributed by atoms with Crippen molar-refractivity contribution in [2.24, 2.45) is 0 Å². The number of hydrogen-bond donors (Lipinski definition) is 0. The van der Waals surface area contributed by atoms with E-state index >= 15 is 0 Å². The standard InChI is InChI=1S/C20H19F3N4OS2/c21-20(22,23)14-5-6-17(24-11-14)26-7-9-27(10-8-26)19(28)13-29-12-18-25-15-3-1-2-4-16(15)30-18/h1-6,11H,7-10,12-13H2. The first-order chi connectivity index (χ1) is 14.4. The Morgan fingerprint density at radius 1 is 1.10 bits per heavy atom. The molecule has 1 saturated heterocycles. The van der Waals surface area contributed by atoms with E-state index < -0.39 is 11.7 Å². The number of alkyl halides is 3. The Bertz CT molecular complexity index is 982. The van der Waals surface area contributed by atoms with Crippen LogP contribution in [0.25, 0.3) is 10.2 Å². The van der Waals surface area contributed by atoms with Crippen LogP contribution >= 0.6 is 23.1 Å². The molecule has 0 atom stereocenters. The second kappa shape index (κ2) is 8.81. The van der Waals surface area contributed by atoms with E-state index in [1.165, 1.54) is 6.07 Å². The van der Waals surface area contributed by atoms with E-state index in [9.17, 15) is 18.0 Å². The number of rotatable bonds is 5. The number of anilines is 1. The van der Waals surface area contributed by atoms with Gasteiger partial charge in [0.2, 0.25) is 5.91 Å². The maximum absolute atomic E-state index is 12.7. The predicted molar refractivity (Wildman–Crippen MR) is 114 cm³/mol. The number of nitrogens with zero attached hydrogens (tertiary/aromatic N) is 4. The number of halogens is 3. The van der Waals surface area contributed by atoms with Gasteiger partial charge in [0.05, 0.1) is 21.5 Å². The molecule has 10 heteroatoms. The number of carbonyl (C=O) groups is 1. The van der Waals surface area contributed by atoms with Gasteiger partial charge in [0.15, 0.2) is 0 Å².